The predicted molar refractivity (Wildman–Crippen MR) is 158 cm³/mol. The van der Waals surface area contributed by atoms with Crippen LogP contribution < -0.4 is 10.6 Å². The number of carbonyl (C=O) groups excluding carboxylic acids is 3. The summed E-state index contributed by atoms with van der Waals surface area (Å²) in [5.74, 6) is -0.854. The van der Waals surface area contributed by atoms with Crippen LogP contribution in [0.15, 0.2) is 64.2 Å². The van der Waals surface area contributed by atoms with Gasteiger partial charge in [-0.15, -0.1) is 0 Å². The first-order valence-electron chi connectivity index (χ1n) is 15.0. The Balaban J connectivity index is 1.27. The summed E-state index contributed by atoms with van der Waals surface area (Å²) in [4.78, 5) is 44.1. The highest BCUT2D eigenvalue weighted by molar-refractivity contribution is 7.92. The Morgan fingerprint density at radius 3 is 2.50 bits per heavy atom. The maximum absolute atomic E-state index is 13.6. The van der Waals surface area contributed by atoms with Crippen molar-refractivity contribution in [1.82, 2.24) is 15.6 Å². The molecule has 0 radical (unpaired) electrons. The first-order valence-corrected chi connectivity index (χ1v) is 16.5. The number of rotatable bonds is 8. The van der Waals surface area contributed by atoms with E-state index < -0.39 is 39.0 Å². The monoisotopic (exact) mass is 593 g/mol. The summed E-state index contributed by atoms with van der Waals surface area (Å²) in [6.45, 7) is 1.87. The molecule has 0 saturated heterocycles. The lowest BCUT2D eigenvalue weighted by Gasteiger charge is -2.31. The van der Waals surface area contributed by atoms with Crippen LogP contribution in [0.25, 0.3) is 11.0 Å². The molecule has 1 unspecified atom stereocenters. The second-order valence-corrected chi connectivity index (χ2v) is 13.9. The SMILES string of the molecule is C[C@@H]1CC[C@H](NC(=O)[C@H](CC2CCCCC2)NC(=O)c2cc3ccccc3o2)C(=O)CCC1S(=O)(=O)c1ccccn1. The second kappa shape index (κ2) is 13.2. The van der Waals surface area contributed by atoms with Crippen molar-refractivity contribution in [2.75, 3.05) is 0 Å². The lowest BCUT2D eigenvalue weighted by molar-refractivity contribution is -0.129. The highest BCUT2D eigenvalue weighted by Gasteiger charge is 2.38. The number of fused-ring (bicyclic) bond motifs is 1. The largest absolute Gasteiger partial charge is 0.451 e. The van der Waals surface area contributed by atoms with Crippen LogP contribution in [0.5, 0.6) is 0 Å². The van der Waals surface area contributed by atoms with Gasteiger partial charge < -0.3 is 15.1 Å². The molecule has 42 heavy (non-hydrogen) atoms. The molecule has 5 rings (SSSR count). The van der Waals surface area contributed by atoms with E-state index in [1.807, 2.05) is 25.1 Å². The van der Waals surface area contributed by atoms with Crippen LogP contribution in [0.3, 0.4) is 0 Å². The molecule has 2 saturated carbocycles. The van der Waals surface area contributed by atoms with Crippen LogP contribution in [-0.4, -0.2) is 48.3 Å². The zero-order valence-electron chi connectivity index (χ0n) is 24.0. The van der Waals surface area contributed by atoms with E-state index in [-0.39, 0.29) is 35.3 Å². The molecular formula is C32H39N3O6S. The molecule has 2 heterocycles. The molecule has 0 aliphatic heterocycles. The quantitative estimate of drug-likeness (QED) is 0.375. The molecule has 2 amide bonds. The zero-order chi connectivity index (χ0) is 29.7. The number of para-hydroxylation sites is 1. The number of carbonyl (C=O) groups is 3. The Hall–Kier alpha value is -3.53. The van der Waals surface area contributed by atoms with E-state index in [1.165, 1.54) is 18.7 Å². The average molecular weight is 594 g/mol. The molecule has 224 valence electrons. The van der Waals surface area contributed by atoms with E-state index in [4.69, 9.17) is 4.42 Å². The number of benzene rings is 1. The highest BCUT2D eigenvalue weighted by atomic mass is 32.2. The molecule has 4 atom stereocenters. The molecular weight excluding hydrogens is 554 g/mol. The van der Waals surface area contributed by atoms with Crippen molar-refractivity contribution in [2.24, 2.45) is 11.8 Å². The van der Waals surface area contributed by atoms with Crippen LogP contribution in [0.1, 0.15) is 81.7 Å². The maximum atomic E-state index is 13.6. The summed E-state index contributed by atoms with van der Waals surface area (Å²) < 4.78 is 32.3. The van der Waals surface area contributed by atoms with E-state index >= 15 is 0 Å². The molecule has 9 nitrogen and oxygen atoms in total. The molecule has 2 fully saturated rings. The van der Waals surface area contributed by atoms with Gasteiger partial charge in [0.25, 0.3) is 5.91 Å². The molecule has 2 aliphatic carbocycles. The van der Waals surface area contributed by atoms with Gasteiger partial charge in [-0.25, -0.2) is 13.4 Å². The molecule has 0 bridgehead atoms. The van der Waals surface area contributed by atoms with Gasteiger partial charge in [0.1, 0.15) is 11.6 Å². The van der Waals surface area contributed by atoms with Crippen molar-refractivity contribution >= 4 is 38.4 Å². The van der Waals surface area contributed by atoms with E-state index in [0.29, 0.717) is 30.8 Å². The molecule has 10 heteroatoms. The third-order valence-corrected chi connectivity index (χ3v) is 11.1. The standard InChI is InChI=1S/C32H39N3O6S/c1-21-14-15-24(26(36)16-17-29(21)42(39,40)30-13-7-8-18-33-30)34-31(37)25(19-22-9-3-2-4-10-22)35-32(38)28-20-23-11-5-6-12-27(23)41-28/h5-8,11-13,18,20-22,24-25,29H,2-4,9-10,14-17,19H2,1H3,(H,34,37)(H,35,38)/t21-,24+,25+,29?/m1/s1. The van der Waals surface area contributed by atoms with Gasteiger partial charge in [-0.05, 0) is 61.8 Å². The van der Waals surface area contributed by atoms with Gasteiger partial charge in [-0.3, -0.25) is 14.4 Å². The molecule has 2 N–H and O–H groups in total. The van der Waals surface area contributed by atoms with Crippen LogP contribution in [-0.2, 0) is 19.4 Å². The second-order valence-electron chi connectivity index (χ2n) is 11.8. The smallest absolute Gasteiger partial charge is 0.287 e. The summed E-state index contributed by atoms with van der Waals surface area (Å²) in [6.07, 6.45) is 8.27. The summed E-state index contributed by atoms with van der Waals surface area (Å²) in [5, 5.41) is 5.90. The number of sulfone groups is 1. The number of ketones is 1. The number of nitrogens with zero attached hydrogens (tertiary/aromatic N) is 1. The van der Waals surface area contributed by atoms with Crippen molar-refractivity contribution in [3.05, 3.63) is 60.5 Å². The van der Waals surface area contributed by atoms with Gasteiger partial charge in [0.2, 0.25) is 5.91 Å². The van der Waals surface area contributed by atoms with E-state index in [1.54, 1.807) is 24.3 Å². The normalized spacial score (nSPS) is 23.1. The van der Waals surface area contributed by atoms with Crippen molar-refractivity contribution < 1.29 is 27.2 Å². The Morgan fingerprint density at radius 1 is 1.00 bits per heavy atom. The van der Waals surface area contributed by atoms with Gasteiger partial charge in [0, 0.05) is 18.0 Å². The molecule has 2 aromatic heterocycles. The number of Topliss-reactive ketones (excluding diaryl/α,β-unsaturated/α-hetero) is 1. The minimum absolute atomic E-state index is 0.0190. The number of hydrogen-bond donors (Lipinski definition) is 2. The number of aromatic nitrogens is 1. The lowest BCUT2D eigenvalue weighted by atomic mass is 9.84. The first kappa shape index (κ1) is 29.9. The fourth-order valence-electron chi connectivity index (χ4n) is 6.39. The van der Waals surface area contributed by atoms with Crippen molar-refractivity contribution in [2.45, 2.75) is 93.5 Å². The molecule has 1 aromatic carbocycles. The number of hydrogen-bond acceptors (Lipinski definition) is 7. The fraction of sp³-hybridized carbons (Fsp3) is 0.500. The maximum Gasteiger partial charge on any atom is 0.287 e. The van der Waals surface area contributed by atoms with Gasteiger partial charge in [-0.2, -0.15) is 0 Å². The van der Waals surface area contributed by atoms with Gasteiger partial charge >= 0.3 is 0 Å². The number of furan rings is 1. The van der Waals surface area contributed by atoms with Crippen molar-refractivity contribution in [3.8, 4) is 0 Å². The Morgan fingerprint density at radius 2 is 1.76 bits per heavy atom. The van der Waals surface area contributed by atoms with Gasteiger partial charge in [0.15, 0.2) is 26.4 Å². The number of amides is 2. The van der Waals surface area contributed by atoms with Crippen molar-refractivity contribution in [3.63, 3.8) is 0 Å². The number of pyridine rings is 1. The Kier molecular flexibility index (Phi) is 9.40. The summed E-state index contributed by atoms with van der Waals surface area (Å²) >= 11 is 0. The zero-order valence-corrected chi connectivity index (χ0v) is 24.8. The molecule has 3 aromatic rings. The Labute approximate surface area is 246 Å². The topological polar surface area (TPSA) is 135 Å². The third-order valence-electron chi connectivity index (χ3n) is 8.82. The lowest BCUT2D eigenvalue weighted by Crippen LogP contribution is -2.53. The van der Waals surface area contributed by atoms with Crippen molar-refractivity contribution in [1.29, 1.82) is 0 Å². The van der Waals surface area contributed by atoms with Crippen LogP contribution in [0, 0.1) is 11.8 Å². The van der Waals surface area contributed by atoms with E-state index in [0.717, 1.165) is 31.1 Å². The minimum atomic E-state index is -3.70. The summed E-state index contributed by atoms with van der Waals surface area (Å²) in [7, 11) is -3.70. The number of nitrogens with one attached hydrogen (secondary N) is 2. The predicted octanol–water partition coefficient (Wildman–Crippen LogP) is 5.00. The summed E-state index contributed by atoms with van der Waals surface area (Å²) in [6, 6.07) is 12.2. The van der Waals surface area contributed by atoms with E-state index in [9.17, 15) is 22.8 Å². The minimum Gasteiger partial charge on any atom is -0.451 e. The molecule has 2 aliphatic rings. The summed E-state index contributed by atoms with van der Waals surface area (Å²) in [5.41, 5.74) is 0.591. The fourth-order valence-corrected chi connectivity index (χ4v) is 8.35. The molecule has 0 spiro atoms. The van der Waals surface area contributed by atoms with Gasteiger partial charge in [0.05, 0.1) is 11.3 Å². The van der Waals surface area contributed by atoms with Gasteiger partial charge in [-0.1, -0.05) is 63.3 Å². The highest BCUT2D eigenvalue weighted by Crippen LogP contribution is 2.31. The Bertz CT molecular complexity index is 1480. The van der Waals surface area contributed by atoms with Crippen LogP contribution >= 0.6 is 0 Å². The van der Waals surface area contributed by atoms with Crippen LogP contribution in [0.2, 0.25) is 0 Å². The van der Waals surface area contributed by atoms with E-state index in [2.05, 4.69) is 15.6 Å². The third kappa shape index (κ3) is 6.91. The average Bonchev–Trinajstić information content (AvgIpc) is 3.44. The van der Waals surface area contributed by atoms with Crippen LogP contribution in [0.4, 0.5) is 0 Å². The first-order chi connectivity index (χ1) is 20.2.